The molecular weight excluding hydrogens is 498 g/mol. The third-order valence-electron chi connectivity index (χ3n) is 3.56. The summed E-state index contributed by atoms with van der Waals surface area (Å²) in [6.07, 6.45) is 1.66. The van der Waals surface area contributed by atoms with Crippen LogP contribution in [-0.2, 0) is 0 Å². The van der Waals surface area contributed by atoms with Crippen LogP contribution in [0.4, 0.5) is 5.69 Å². The van der Waals surface area contributed by atoms with Crippen molar-refractivity contribution >= 4 is 60.5 Å². The fourth-order valence-electron chi connectivity index (χ4n) is 2.29. The molecule has 6 nitrogen and oxygen atoms in total. The lowest BCUT2D eigenvalue weighted by molar-refractivity contribution is -0.384. The Kier molecular flexibility index (Phi) is 5.70. The number of non-ortho nitro benzene ring substituents is 1. The van der Waals surface area contributed by atoms with Crippen LogP contribution in [0.2, 0.25) is 0 Å². The Morgan fingerprint density at radius 2 is 2.00 bits per heavy atom. The predicted molar refractivity (Wildman–Crippen MR) is 111 cm³/mol. The molecule has 0 aliphatic heterocycles. The van der Waals surface area contributed by atoms with Crippen LogP contribution in [0.15, 0.2) is 50.7 Å². The van der Waals surface area contributed by atoms with Gasteiger partial charge in [-0.2, -0.15) is 5.26 Å². The fraction of sp³-hybridized carbons (Fsp3) is 0. The predicted octanol–water partition coefficient (Wildman–Crippen LogP) is 6.01. The first-order chi connectivity index (χ1) is 12.9. The van der Waals surface area contributed by atoms with E-state index in [0.29, 0.717) is 36.3 Å². The van der Waals surface area contributed by atoms with E-state index in [-0.39, 0.29) is 11.4 Å². The lowest BCUT2D eigenvalue weighted by Crippen LogP contribution is -1.88. The zero-order chi connectivity index (χ0) is 19.6. The number of allylic oxidation sites excluding steroid dienone is 1. The van der Waals surface area contributed by atoms with Crippen LogP contribution < -0.4 is 0 Å². The van der Waals surface area contributed by atoms with Crippen molar-refractivity contribution in [2.45, 2.75) is 0 Å². The number of rotatable bonds is 4. The topological polar surface area (TPSA) is 100 Å². The van der Waals surface area contributed by atoms with Gasteiger partial charge in [-0.25, -0.2) is 4.98 Å². The molecule has 1 aromatic heterocycles. The summed E-state index contributed by atoms with van der Waals surface area (Å²) in [4.78, 5) is 14.9. The molecule has 2 aromatic carbocycles. The van der Waals surface area contributed by atoms with E-state index < -0.39 is 4.92 Å². The maximum Gasteiger partial charge on any atom is 0.270 e. The molecule has 0 atom stereocenters. The van der Waals surface area contributed by atoms with Gasteiger partial charge in [0, 0.05) is 23.1 Å². The monoisotopic (exact) mass is 505 g/mol. The highest BCUT2D eigenvalue weighted by atomic mass is 79.9. The standard InChI is InChI=1S/C18H9Br2N3O3S/c19-14-5-10(6-15(20)17(14)24)4-12(8-21)18-22-16(9-27-18)11-2-1-3-13(7-11)23(25)26/h1-7,9,24H/b12-4-. The molecule has 0 unspecified atom stereocenters. The van der Waals surface area contributed by atoms with Crippen LogP contribution in [0, 0.1) is 21.4 Å². The number of thiazole rings is 1. The van der Waals surface area contributed by atoms with Crippen LogP contribution in [0.3, 0.4) is 0 Å². The van der Waals surface area contributed by atoms with Crippen molar-refractivity contribution in [3.63, 3.8) is 0 Å². The first-order valence-electron chi connectivity index (χ1n) is 7.39. The maximum absolute atomic E-state index is 10.9. The van der Waals surface area contributed by atoms with Crippen LogP contribution in [0.1, 0.15) is 10.6 Å². The molecule has 0 saturated carbocycles. The lowest BCUT2D eigenvalue weighted by Gasteiger charge is -2.03. The number of nitro groups is 1. The molecule has 3 rings (SSSR count). The van der Waals surface area contributed by atoms with E-state index in [1.54, 1.807) is 35.7 Å². The quantitative estimate of drug-likeness (QED) is 0.265. The van der Waals surface area contributed by atoms with Gasteiger partial charge in [0.25, 0.3) is 5.69 Å². The average Bonchev–Trinajstić information content (AvgIpc) is 3.14. The summed E-state index contributed by atoms with van der Waals surface area (Å²) in [6, 6.07) is 11.7. The number of hydrogen-bond donors (Lipinski definition) is 1. The molecular formula is C18H9Br2N3O3S. The summed E-state index contributed by atoms with van der Waals surface area (Å²) < 4.78 is 0.994. The zero-order valence-electron chi connectivity index (χ0n) is 13.4. The number of phenols is 1. The summed E-state index contributed by atoms with van der Waals surface area (Å²) in [5.74, 6) is 0.0767. The molecule has 1 heterocycles. The fourth-order valence-corrected chi connectivity index (χ4v) is 4.30. The van der Waals surface area contributed by atoms with E-state index in [0.717, 1.165) is 0 Å². The molecule has 0 aliphatic carbocycles. The van der Waals surface area contributed by atoms with E-state index in [4.69, 9.17) is 0 Å². The molecule has 0 radical (unpaired) electrons. The first kappa shape index (κ1) is 19.2. The van der Waals surface area contributed by atoms with Crippen molar-refractivity contribution in [1.82, 2.24) is 4.98 Å². The van der Waals surface area contributed by atoms with Crippen LogP contribution >= 0.6 is 43.2 Å². The second-order valence-corrected chi connectivity index (χ2v) is 7.92. The summed E-state index contributed by atoms with van der Waals surface area (Å²) in [6.45, 7) is 0. The molecule has 1 N–H and O–H groups in total. The van der Waals surface area contributed by atoms with Gasteiger partial charge >= 0.3 is 0 Å². The van der Waals surface area contributed by atoms with Crippen molar-refractivity contribution in [3.05, 3.63) is 71.4 Å². The molecule has 134 valence electrons. The van der Waals surface area contributed by atoms with E-state index in [9.17, 15) is 20.5 Å². The molecule has 0 fully saturated rings. The smallest absolute Gasteiger partial charge is 0.270 e. The Morgan fingerprint density at radius 3 is 2.63 bits per heavy atom. The van der Waals surface area contributed by atoms with Gasteiger partial charge in [0.1, 0.15) is 16.8 Å². The minimum absolute atomic E-state index is 0.0168. The average molecular weight is 507 g/mol. The largest absolute Gasteiger partial charge is 0.506 e. The van der Waals surface area contributed by atoms with E-state index >= 15 is 0 Å². The second-order valence-electron chi connectivity index (χ2n) is 5.35. The minimum atomic E-state index is -0.460. The molecule has 0 amide bonds. The molecule has 9 heteroatoms. The molecule has 0 aliphatic rings. The van der Waals surface area contributed by atoms with Crippen molar-refractivity contribution in [2.24, 2.45) is 0 Å². The van der Waals surface area contributed by atoms with Crippen molar-refractivity contribution in [1.29, 1.82) is 5.26 Å². The third kappa shape index (κ3) is 4.24. The number of benzene rings is 2. The van der Waals surface area contributed by atoms with Crippen molar-refractivity contribution in [3.8, 4) is 23.1 Å². The number of hydrogen-bond acceptors (Lipinski definition) is 6. The summed E-state index contributed by atoms with van der Waals surface area (Å²) >= 11 is 7.79. The molecule has 3 aromatic rings. The molecule has 0 bridgehead atoms. The minimum Gasteiger partial charge on any atom is -0.506 e. The van der Waals surface area contributed by atoms with Gasteiger partial charge in [-0.15, -0.1) is 11.3 Å². The van der Waals surface area contributed by atoms with Gasteiger partial charge in [0.2, 0.25) is 0 Å². The lowest BCUT2D eigenvalue weighted by atomic mass is 10.1. The van der Waals surface area contributed by atoms with E-state index in [1.165, 1.54) is 23.5 Å². The Labute approximate surface area is 174 Å². The van der Waals surface area contributed by atoms with Crippen LogP contribution in [0.25, 0.3) is 22.9 Å². The Bertz CT molecular complexity index is 1100. The van der Waals surface area contributed by atoms with Gasteiger partial charge in [-0.1, -0.05) is 12.1 Å². The number of phenolic OH excluding ortho intramolecular Hbond substituents is 1. The first-order valence-corrected chi connectivity index (χ1v) is 9.86. The van der Waals surface area contributed by atoms with E-state index in [1.807, 2.05) is 0 Å². The van der Waals surface area contributed by atoms with E-state index in [2.05, 4.69) is 42.9 Å². The van der Waals surface area contributed by atoms with Crippen LogP contribution in [0.5, 0.6) is 5.75 Å². The SMILES string of the molecule is N#C/C(=C/c1cc(Br)c(O)c(Br)c1)c1nc(-c2cccc([N+](=O)[O-])c2)cs1. The Balaban J connectivity index is 1.98. The summed E-state index contributed by atoms with van der Waals surface area (Å²) in [5.41, 5.74) is 2.21. The summed E-state index contributed by atoms with van der Waals surface area (Å²) in [5, 5.41) is 32.5. The third-order valence-corrected chi connectivity index (χ3v) is 5.64. The number of nitrogens with zero attached hydrogens (tertiary/aromatic N) is 3. The number of aromatic hydroxyl groups is 1. The molecule has 0 spiro atoms. The number of nitriles is 1. The summed E-state index contributed by atoms with van der Waals surface area (Å²) in [7, 11) is 0. The highest BCUT2D eigenvalue weighted by molar-refractivity contribution is 9.11. The zero-order valence-corrected chi connectivity index (χ0v) is 17.4. The number of halogens is 2. The van der Waals surface area contributed by atoms with Gasteiger partial charge in [-0.05, 0) is 55.6 Å². The highest BCUT2D eigenvalue weighted by Crippen LogP contribution is 2.35. The van der Waals surface area contributed by atoms with Crippen LogP contribution in [-0.4, -0.2) is 15.0 Å². The maximum atomic E-state index is 10.9. The Morgan fingerprint density at radius 1 is 1.30 bits per heavy atom. The van der Waals surface area contributed by atoms with Crippen molar-refractivity contribution < 1.29 is 10.0 Å². The molecule has 27 heavy (non-hydrogen) atoms. The van der Waals surface area contributed by atoms with Crippen molar-refractivity contribution in [2.75, 3.05) is 0 Å². The Hall–Kier alpha value is -2.54. The number of aromatic nitrogens is 1. The molecule has 0 saturated heterocycles. The normalized spacial score (nSPS) is 11.2. The second kappa shape index (κ2) is 8.00. The number of nitro benzene ring substituents is 1. The van der Waals surface area contributed by atoms with Gasteiger partial charge in [0.05, 0.1) is 25.1 Å². The highest BCUT2D eigenvalue weighted by Gasteiger charge is 2.13. The van der Waals surface area contributed by atoms with Gasteiger partial charge < -0.3 is 5.11 Å². The van der Waals surface area contributed by atoms with Gasteiger partial charge in [-0.3, -0.25) is 10.1 Å². The van der Waals surface area contributed by atoms with Gasteiger partial charge in [0.15, 0.2) is 0 Å².